The van der Waals surface area contributed by atoms with Gasteiger partial charge in [0.15, 0.2) is 0 Å². The van der Waals surface area contributed by atoms with Crippen LogP contribution in [0.4, 0.5) is 0 Å². The van der Waals surface area contributed by atoms with Crippen LogP contribution in [0, 0.1) is 43.8 Å². The number of rotatable bonds is 2. The van der Waals surface area contributed by atoms with Gasteiger partial charge in [0.2, 0.25) is 0 Å². The molecule has 1 aliphatic heterocycles. The Bertz CT molecular complexity index is 1350. The van der Waals surface area contributed by atoms with Crippen LogP contribution in [-0.4, -0.2) is 0 Å². The van der Waals surface area contributed by atoms with Crippen LogP contribution in [0.25, 0.3) is 0 Å². The third-order valence-corrected chi connectivity index (χ3v) is 28.5. The van der Waals surface area contributed by atoms with E-state index in [-0.39, 0.29) is 62.7 Å². The summed E-state index contributed by atoms with van der Waals surface area (Å²) in [5.41, 5.74) is 2.04. The van der Waals surface area contributed by atoms with Crippen LogP contribution >= 0.6 is 0 Å². The smallest absolute Gasteiger partial charge is 1.00 e. The van der Waals surface area contributed by atoms with Crippen molar-refractivity contribution in [3.8, 4) is 0 Å². The summed E-state index contributed by atoms with van der Waals surface area (Å²) < 4.78 is 5.82. The maximum absolute atomic E-state index is 2.82. The van der Waals surface area contributed by atoms with E-state index in [0.29, 0.717) is 5.92 Å². The molecule has 9 unspecified atom stereocenters. The molecule has 0 aromatic carbocycles. The van der Waals surface area contributed by atoms with Crippen molar-refractivity contribution < 1.29 is 45.1 Å². The number of halogens is 2. The van der Waals surface area contributed by atoms with Crippen LogP contribution in [-0.2, 0) is 20.3 Å². The van der Waals surface area contributed by atoms with E-state index in [1.165, 1.54) is 6.42 Å². The molecule has 3 heteroatoms. The summed E-state index contributed by atoms with van der Waals surface area (Å²) in [7, 11) is 0. The first-order chi connectivity index (χ1) is 17.4. The van der Waals surface area contributed by atoms with Crippen LogP contribution in [0.5, 0.6) is 0 Å². The largest absolute Gasteiger partial charge is 1.00 e. The molecular formula is C36H46Cl2Zr. The molecule has 0 spiro atoms. The molecule has 0 nitrogen and oxygen atoms in total. The molecule has 7 rings (SSSR count). The van der Waals surface area contributed by atoms with Gasteiger partial charge in [-0.1, -0.05) is 0 Å². The molecule has 208 valence electrons. The van der Waals surface area contributed by atoms with E-state index >= 15 is 0 Å². The molecule has 39 heavy (non-hydrogen) atoms. The monoisotopic (exact) mass is 638 g/mol. The van der Waals surface area contributed by atoms with E-state index in [1.54, 1.807) is 13.8 Å². The van der Waals surface area contributed by atoms with Gasteiger partial charge in [-0.2, -0.15) is 0 Å². The molecule has 0 radical (unpaired) electrons. The number of hydrogen-bond donors (Lipinski definition) is 0. The molecule has 7 aliphatic rings. The molecule has 0 bridgehead atoms. The third kappa shape index (κ3) is 2.67. The Morgan fingerprint density at radius 3 is 1.74 bits per heavy atom. The van der Waals surface area contributed by atoms with Crippen LogP contribution < -0.4 is 24.8 Å². The SMILES string of the molecule is CC1=CC=CC2[CH]([Zr+2]3([C]4=CC=CC4)[CH2][CH2]3)C3(C)C4(C)C=CC=CC4(C)C4(C)C=CC=CC4(C)C3(C)C12C.[Cl-].[Cl-]. The van der Waals surface area contributed by atoms with E-state index in [0.717, 1.165) is 3.63 Å². The average molecular weight is 641 g/mol. The van der Waals surface area contributed by atoms with Gasteiger partial charge in [-0.05, 0) is 0 Å². The Balaban J connectivity index is 0.00000154. The van der Waals surface area contributed by atoms with Crippen LogP contribution in [0.15, 0.2) is 93.9 Å². The van der Waals surface area contributed by atoms with Crippen molar-refractivity contribution in [2.75, 3.05) is 0 Å². The Hall–Kier alpha value is -0.617. The van der Waals surface area contributed by atoms with Crippen LogP contribution in [0.2, 0.25) is 11.9 Å². The van der Waals surface area contributed by atoms with E-state index in [2.05, 4.69) is 140 Å². The molecule has 1 heterocycles. The van der Waals surface area contributed by atoms with Crippen molar-refractivity contribution in [1.82, 2.24) is 0 Å². The summed E-state index contributed by atoms with van der Waals surface area (Å²) in [6.07, 6.45) is 36.4. The maximum atomic E-state index is 2.82. The van der Waals surface area contributed by atoms with Crippen molar-refractivity contribution in [3.05, 3.63) is 93.9 Å². The second-order valence-corrected chi connectivity index (χ2v) is 26.2. The van der Waals surface area contributed by atoms with Crippen molar-refractivity contribution in [2.24, 2.45) is 43.8 Å². The van der Waals surface area contributed by atoms with Gasteiger partial charge in [-0.15, -0.1) is 0 Å². The Morgan fingerprint density at radius 2 is 1.21 bits per heavy atom. The van der Waals surface area contributed by atoms with Gasteiger partial charge in [-0.3, -0.25) is 0 Å². The van der Waals surface area contributed by atoms with Gasteiger partial charge in [0, 0.05) is 0 Å². The molecule has 0 aromatic rings. The zero-order valence-electron chi connectivity index (χ0n) is 25.1. The van der Waals surface area contributed by atoms with Gasteiger partial charge in [-0.25, -0.2) is 0 Å². The Kier molecular flexibility index (Phi) is 6.49. The Morgan fingerprint density at radius 1 is 0.667 bits per heavy atom. The molecule has 3 fully saturated rings. The summed E-state index contributed by atoms with van der Waals surface area (Å²) in [6, 6.07) is 0. The van der Waals surface area contributed by atoms with Crippen molar-refractivity contribution >= 4 is 0 Å². The topological polar surface area (TPSA) is 0 Å². The van der Waals surface area contributed by atoms with Gasteiger partial charge >= 0.3 is 232 Å². The first-order valence-electron chi connectivity index (χ1n) is 14.8. The van der Waals surface area contributed by atoms with Crippen molar-refractivity contribution in [2.45, 2.75) is 73.7 Å². The zero-order chi connectivity index (χ0) is 26.3. The normalized spacial score (nSPS) is 51.7. The fourth-order valence-corrected chi connectivity index (χ4v) is 30.4. The number of hydrogen-bond acceptors (Lipinski definition) is 0. The summed E-state index contributed by atoms with van der Waals surface area (Å²) in [5.74, 6) is 0.617. The fraction of sp³-hybridized carbons (Fsp3) is 0.556. The zero-order valence-corrected chi connectivity index (χ0v) is 29.1. The quantitative estimate of drug-likeness (QED) is 0.427. The minimum absolute atomic E-state index is 0. The average Bonchev–Trinajstić information content (AvgIpc) is 3.40. The number of allylic oxidation sites excluding steroid dienone is 16. The fourth-order valence-electron chi connectivity index (χ4n) is 12.4. The van der Waals surface area contributed by atoms with E-state index in [1.807, 2.05) is 3.28 Å². The molecule has 0 aromatic heterocycles. The standard InChI is InChI=1S/C29H37.C5H5.C2H4.2ClH.Zr/c1-21-14-13-15-22-20-27(6)25(4)18-10-9-16-23(25,2)24(3)17-11-12-19-26(24,5)29(27,8)28(21,22)7;1-2-4-5-3-1;1-2;;;/h9-20,22H,1-8H3;1-3H,4H2;1-2H2;2*1H;/q;;;;;+2/p-2. The summed E-state index contributed by atoms with van der Waals surface area (Å²) in [6.45, 7) is 21.4. The molecule has 6 aliphatic carbocycles. The van der Waals surface area contributed by atoms with Gasteiger partial charge in [0.05, 0.1) is 0 Å². The Labute approximate surface area is 254 Å². The summed E-state index contributed by atoms with van der Waals surface area (Å²) in [4.78, 5) is 0. The molecule has 1 saturated heterocycles. The molecule has 9 atom stereocenters. The van der Waals surface area contributed by atoms with Gasteiger partial charge < -0.3 is 24.8 Å². The molecule has 0 N–H and O–H groups in total. The molecule has 2 saturated carbocycles. The molecule has 0 amide bonds. The van der Waals surface area contributed by atoms with Crippen molar-refractivity contribution in [1.29, 1.82) is 0 Å². The minimum Gasteiger partial charge on any atom is -1.00 e. The predicted molar refractivity (Wildman–Crippen MR) is 155 cm³/mol. The second-order valence-electron chi connectivity index (χ2n) is 15.0. The van der Waals surface area contributed by atoms with Crippen LogP contribution in [0.1, 0.15) is 61.8 Å². The first-order valence-corrected chi connectivity index (χ1v) is 20.9. The minimum atomic E-state index is -2.65. The van der Waals surface area contributed by atoms with Crippen LogP contribution in [0.3, 0.4) is 0 Å². The van der Waals surface area contributed by atoms with E-state index in [9.17, 15) is 0 Å². The van der Waals surface area contributed by atoms with Gasteiger partial charge in [0.1, 0.15) is 0 Å². The molecular weight excluding hydrogens is 595 g/mol. The summed E-state index contributed by atoms with van der Waals surface area (Å²) in [5, 5.41) is 0. The number of fused-ring (bicyclic) bond motifs is 8. The van der Waals surface area contributed by atoms with E-state index < -0.39 is 20.3 Å². The maximum Gasteiger partial charge on any atom is -1.00 e. The predicted octanol–water partition coefficient (Wildman–Crippen LogP) is 4.09. The second kappa shape index (κ2) is 8.48. The first kappa shape index (κ1) is 29.9. The van der Waals surface area contributed by atoms with Gasteiger partial charge in [0.25, 0.3) is 0 Å². The van der Waals surface area contributed by atoms with E-state index in [4.69, 9.17) is 0 Å². The third-order valence-electron chi connectivity index (χ3n) is 15.3. The van der Waals surface area contributed by atoms with Crippen molar-refractivity contribution in [3.63, 3.8) is 0 Å². The summed E-state index contributed by atoms with van der Waals surface area (Å²) >= 11 is -2.65.